The predicted molar refractivity (Wildman–Crippen MR) is 135 cm³/mol. The van der Waals surface area contributed by atoms with Crippen molar-refractivity contribution in [1.82, 2.24) is 5.43 Å². The Morgan fingerprint density at radius 1 is 1.13 bits per heavy atom. The number of benzene rings is 3. The lowest BCUT2D eigenvalue weighted by atomic mass is 10.2. The lowest BCUT2D eigenvalue weighted by Crippen LogP contribution is -2.25. The standard InChI is InChI=1S/C23H21BrIN3O3/c1-30-21-12-17(13-27-28-22(29)14-26-19-5-3-2-4-6-19)11-20(25)23(21)31-15-16-7-9-18(24)10-8-16/h2-13,26H,14-15H2,1H3,(H,28,29)/b27-13-. The molecule has 2 N–H and O–H groups in total. The number of ether oxygens (including phenoxy) is 2. The summed E-state index contributed by atoms with van der Waals surface area (Å²) < 4.78 is 13.4. The fourth-order valence-electron chi connectivity index (χ4n) is 2.65. The Kier molecular flexibility index (Phi) is 8.72. The third-order valence-corrected chi connectivity index (χ3v) is 5.51. The van der Waals surface area contributed by atoms with Gasteiger partial charge in [-0.25, -0.2) is 5.43 Å². The number of para-hydroxylation sites is 1. The van der Waals surface area contributed by atoms with Crippen molar-refractivity contribution < 1.29 is 14.3 Å². The van der Waals surface area contributed by atoms with Gasteiger partial charge in [0.25, 0.3) is 5.91 Å². The van der Waals surface area contributed by atoms with Crippen molar-refractivity contribution in [3.05, 3.63) is 85.9 Å². The van der Waals surface area contributed by atoms with Gasteiger partial charge in [-0.05, 0) is 70.1 Å². The second kappa shape index (κ2) is 11.7. The maximum Gasteiger partial charge on any atom is 0.259 e. The normalized spacial score (nSPS) is 10.7. The van der Waals surface area contributed by atoms with Crippen LogP contribution in [0.3, 0.4) is 0 Å². The number of nitrogens with one attached hydrogen (secondary N) is 2. The molecule has 0 radical (unpaired) electrons. The summed E-state index contributed by atoms with van der Waals surface area (Å²) in [6.07, 6.45) is 1.57. The number of rotatable bonds is 9. The molecule has 0 aliphatic rings. The van der Waals surface area contributed by atoms with Crippen LogP contribution in [0.5, 0.6) is 11.5 Å². The number of carbonyl (C=O) groups excluding carboxylic acids is 1. The van der Waals surface area contributed by atoms with E-state index in [0.717, 1.165) is 24.9 Å². The lowest BCUT2D eigenvalue weighted by Gasteiger charge is -2.13. The van der Waals surface area contributed by atoms with Crippen molar-refractivity contribution >= 4 is 56.3 Å². The van der Waals surface area contributed by atoms with Gasteiger partial charge >= 0.3 is 0 Å². The lowest BCUT2D eigenvalue weighted by molar-refractivity contribution is -0.119. The summed E-state index contributed by atoms with van der Waals surface area (Å²) in [5, 5.41) is 7.07. The molecule has 0 fully saturated rings. The molecule has 31 heavy (non-hydrogen) atoms. The average Bonchev–Trinajstić information content (AvgIpc) is 2.78. The molecular weight excluding hydrogens is 573 g/mol. The molecule has 3 aromatic rings. The van der Waals surface area contributed by atoms with E-state index in [2.05, 4.69) is 54.4 Å². The van der Waals surface area contributed by atoms with Gasteiger partial charge in [-0.15, -0.1) is 0 Å². The van der Waals surface area contributed by atoms with Crippen molar-refractivity contribution in [2.45, 2.75) is 6.61 Å². The first-order chi connectivity index (χ1) is 15.0. The fourth-order valence-corrected chi connectivity index (χ4v) is 3.69. The summed E-state index contributed by atoms with van der Waals surface area (Å²) in [6, 6.07) is 21.2. The second-order valence-electron chi connectivity index (χ2n) is 6.46. The Labute approximate surface area is 203 Å². The first kappa shape index (κ1) is 23.1. The van der Waals surface area contributed by atoms with E-state index in [1.165, 1.54) is 0 Å². The summed E-state index contributed by atoms with van der Waals surface area (Å²) in [7, 11) is 1.59. The molecule has 0 unspecified atom stereocenters. The Hall–Kier alpha value is -2.59. The number of amides is 1. The van der Waals surface area contributed by atoms with E-state index in [9.17, 15) is 4.79 Å². The van der Waals surface area contributed by atoms with Crippen molar-refractivity contribution in [1.29, 1.82) is 0 Å². The summed E-state index contributed by atoms with van der Waals surface area (Å²) >= 11 is 5.63. The zero-order chi connectivity index (χ0) is 22.1. The third kappa shape index (κ3) is 7.25. The minimum Gasteiger partial charge on any atom is -0.493 e. The Balaban J connectivity index is 1.58. The van der Waals surface area contributed by atoms with Gasteiger partial charge in [-0.2, -0.15) is 5.10 Å². The van der Waals surface area contributed by atoms with Gasteiger partial charge in [-0.3, -0.25) is 4.79 Å². The molecular formula is C23H21BrIN3O3. The zero-order valence-electron chi connectivity index (χ0n) is 16.8. The van der Waals surface area contributed by atoms with Crippen molar-refractivity contribution in [3.8, 4) is 11.5 Å². The maximum absolute atomic E-state index is 12.0. The van der Waals surface area contributed by atoms with E-state index < -0.39 is 0 Å². The van der Waals surface area contributed by atoms with E-state index in [4.69, 9.17) is 9.47 Å². The Morgan fingerprint density at radius 2 is 1.87 bits per heavy atom. The van der Waals surface area contributed by atoms with E-state index in [1.807, 2.05) is 66.7 Å². The van der Waals surface area contributed by atoms with Crippen LogP contribution in [-0.2, 0) is 11.4 Å². The summed E-state index contributed by atoms with van der Waals surface area (Å²) in [4.78, 5) is 12.0. The third-order valence-electron chi connectivity index (χ3n) is 4.18. The number of nitrogens with zero attached hydrogens (tertiary/aromatic N) is 1. The van der Waals surface area contributed by atoms with Crippen molar-refractivity contribution in [3.63, 3.8) is 0 Å². The van der Waals surface area contributed by atoms with E-state index in [-0.39, 0.29) is 12.5 Å². The number of halogens is 2. The molecule has 1 amide bonds. The number of anilines is 1. The molecule has 6 nitrogen and oxygen atoms in total. The van der Waals surface area contributed by atoms with Gasteiger partial charge in [0.05, 0.1) is 23.4 Å². The molecule has 0 atom stereocenters. The number of carbonyl (C=O) groups is 1. The monoisotopic (exact) mass is 593 g/mol. The smallest absolute Gasteiger partial charge is 0.259 e. The molecule has 0 bridgehead atoms. The first-order valence-electron chi connectivity index (χ1n) is 9.41. The van der Waals surface area contributed by atoms with Crippen LogP contribution < -0.4 is 20.2 Å². The molecule has 3 rings (SSSR count). The number of hydrogen-bond acceptors (Lipinski definition) is 5. The molecule has 0 spiro atoms. The van der Waals surface area contributed by atoms with Gasteiger partial charge in [-0.1, -0.05) is 46.3 Å². The van der Waals surface area contributed by atoms with Gasteiger partial charge in [0.1, 0.15) is 6.61 Å². The minimum atomic E-state index is -0.240. The Bertz CT molecular complexity index is 1040. The van der Waals surface area contributed by atoms with E-state index in [0.29, 0.717) is 18.1 Å². The highest BCUT2D eigenvalue weighted by Crippen LogP contribution is 2.34. The van der Waals surface area contributed by atoms with Crippen LogP contribution in [0.15, 0.2) is 76.3 Å². The van der Waals surface area contributed by atoms with Gasteiger partial charge in [0.15, 0.2) is 11.5 Å². The highest BCUT2D eigenvalue weighted by molar-refractivity contribution is 14.1. The predicted octanol–water partition coefficient (Wildman–Crippen LogP) is 5.20. The molecule has 0 aliphatic heterocycles. The average molecular weight is 594 g/mol. The SMILES string of the molecule is COc1cc(/C=N\NC(=O)CNc2ccccc2)cc(I)c1OCc1ccc(Br)cc1. The van der Waals surface area contributed by atoms with Crippen LogP contribution in [0.4, 0.5) is 5.69 Å². The first-order valence-corrected chi connectivity index (χ1v) is 11.3. The highest BCUT2D eigenvalue weighted by atomic mass is 127. The van der Waals surface area contributed by atoms with Crippen LogP contribution in [0.25, 0.3) is 0 Å². The van der Waals surface area contributed by atoms with E-state index in [1.54, 1.807) is 13.3 Å². The summed E-state index contributed by atoms with van der Waals surface area (Å²) in [6.45, 7) is 0.558. The summed E-state index contributed by atoms with van der Waals surface area (Å²) in [5.74, 6) is 1.03. The van der Waals surface area contributed by atoms with Crippen LogP contribution in [0, 0.1) is 3.57 Å². The molecule has 0 aromatic heterocycles. The quantitative estimate of drug-likeness (QED) is 0.203. The zero-order valence-corrected chi connectivity index (χ0v) is 20.5. The second-order valence-corrected chi connectivity index (χ2v) is 8.54. The molecule has 0 aliphatic carbocycles. The van der Waals surface area contributed by atoms with Crippen LogP contribution in [0.2, 0.25) is 0 Å². The Morgan fingerprint density at radius 3 is 2.58 bits per heavy atom. The maximum atomic E-state index is 12.0. The van der Waals surface area contributed by atoms with Gasteiger partial charge < -0.3 is 14.8 Å². The number of methoxy groups -OCH3 is 1. The molecule has 0 saturated heterocycles. The molecule has 0 heterocycles. The number of hydrazone groups is 1. The molecule has 160 valence electrons. The highest BCUT2D eigenvalue weighted by Gasteiger charge is 2.11. The topological polar surface area (TPSA) is 72.0 Å². The van der Waals surface area contributed by atoms with Gasteiger partial charge in [0, 0.05) is 10.2 Å². The van der Waals surface area contributed by atoms with Crippen LogP contribution in [-0.4, -0.2) is 25.8 Å². The van der Waals surface area contributed by atoms with Crippen LogP contribution >= 0.6 is 38.5 Å². The van der Waals surface area contributed by atoms with Crippen molar-refractivity contribution in [2.75, 3.05) is 19.0 Å². The minimum absolute atomic E-state index is 0.130. The largest absolute Gasteiger partial charge is 0.493 e. The molecule has 3 aromatic carbocycles. The number of hydrogen-bond donors (Lipinski definition) is 2. The van der Waals surface area contributed by atoms with Gasteiger partial charge in [0.2, 0.25) is 0 Å². The molecule has 0 saturated carbocycles. The van der Waals surface area contributed by atoms with Crippen LogP contribution in [0.1, 0.15) is 11.1 Å². The fraction of sp³-hybridized carbons (Fsp3) is 0.130. The van der Waals surface area contributed by atoms with Crippen molar-refractivity contribution in [2.24, 2.45) is 5.10 Å². The molecule has 8 heteroatoms. The summed E-state index contributed by atoms with van der Waals surface area (Å²) in [5.41, 5.74) is 5.23. The van der Waals surface area contributed by atoms with E-state index >= 15 is 0 Å².